The Balaban J connectivity index is 2.59. The molecule has 0 spiro atoms. The standard InChI is InChI=1S/C14H18O4S/c1-9-4-5-12(8-10(9)2)19(17,18)14(13(15)16)7-6-11(14)3/h4-5,8,11H,6-7H2,1-3H3,(H,15,16). The van der Waals surface area contributed by atoms with Gasteiger partial charge in [-0.1, -0.05) is 13.0 Å². The number of aliphatic carboxylic acids is 1. The van der Waals surface area contributed by atoms with Gasteiger partial charge in [-0.3, -0.25) is 4.79 Å². The van der Waals surface area contributed by atoms with E-state index >= 15 is 0 Å². The van der Waals surface area contributed by atoms with E-state index in [1.54, 1.807) is 19.1 Å². The normalized spacial score (nSPS) is 26.8. The maximum absolute atomic E-state index is 12.7. The van der Waals surface area contributed by atoms with Crippen LogP contribution < -0.4 is 0 Å². The van der Waals surface area contributed by atoms with Gasteiger partial charge in [-0.05, 0) is 55.9 Å². The molecule has 1 aliphatic carbocycles. The Morgan fingerprint density at radius 1 is 1.32 bits per heavy atom. The van der Waals surface area contributed by atoms with Crippen molar-refractivity contribution in [1.82, 2.24) is 0 Å². The lowest BCUT2D eigenvalue weighted by Gasteiger charge is -2.43. The van der Waals surface area contributed by atoms with E-state index in [4.69, 9.17) is 0 Å². The van der Waals surface area contributed by atoms with Gasteiger partial charge in [0.1, 0.15) is 0 Å². The molecule has 104 valence electrons. The molecule has 2 unspecified atom stereocenters. The van der Waals surface area contributed by atoms with Gasteiger partial charge in [0.25, 0.3) is 0 Å². The predicted molar refractivity (Wildman–Crippen MR) is 71.9 cm³/mol. The zero-order valence-electron chi connectivity index (χ0n) is 11.3. The highest BCUT2D eigenvalue weighted by atomic mass is 32.2. The second-order valence-electron chi connectivity index (χ2n) is 5.38. The van der Waals surface area contributed by atoms with Gasteiger partial charge in [0, 0.05) is 0 Å². The van der Waals surface area contributed by atoms with Crippen LogP contribution in [0.2, 0.25) is 0 Å². The summed E-state index contributed by atoms with van der Waals surface area (Å²) < 4.78 is 23.7. The fraction of sp³-hybridized carbons (Fsp3) is 0.500. The van der Waals surface area contributed by atoms with Crippen LogP contribution in [0.4, 0.5) is 0 Å². The smallest absolute Gasteiger partial charge is 0.325 e. The first kappa shape index (κ1) is 14.1. The zero-order chi connectivity index (χ0) is 14.4. The summed E-state index contributed by atoms with van der Waals surface area (Å²) in [6.07, 6.45) is 0.829. The van der Waals surface area contributed by atoms with Crippen LogP contribution in [0.25, 0.3) is 0 Å². The second-order valence-corrected chi connectivity index (χ2v) is 7.59. The molecule has 2 rings (SSSR count). The predicted octanol–water partition coefficient (Wildman–Crippen LogP) is 2.33. The van der Waals surface area contributed by atoms with E-state index in [0.29, 0.717) is 6.42 Å². The molecule has 0 aromatic heterocycles. The molecule has 5 heteroatoms. The van der Waals surface area contributed by atoms with Crippen LogP contribution in [0.3, 0.4) is 0 Å². The topological polar surface area (TPSA) is 71.4 Å². The van der Waals surface area contributed by atoms with E-state index in [-0.39, 0.29) is 17.2 Å². The molecule has 2 atom stereocenters. The number of hydrogen-bond acceptors (Lipinski definition) is 3. The second kappa shape index (κ2) is 4.34. The van der Waals surface area contributed by atoms with E-state index < -0.39 is 20.6 Å². The van der Waals surface area contributed by atoms with Gasteiger partial charge in [0.2, 0.25) is 0 Å². The fourth-order valence-corrected chi connectivity index (χ4v) is 4.88. The fourth-order valence-electron chi connectivity index (χ4n) is 2.62. The van der Waals surface area contributed by atoms with Crippen molar-refractivity contribution in [2.45, 2.75) is 43.3 Å². The van der Waals surface area contributed by atoms with Crippen molar-refractivity contribution in [3.8, 4) is 0 Å². The van der Waals surface area contributed by atoms with Crippen molar-refractivity contribution in [2.24, 2.45) is 5.92 Å². The summed E-state index contributed by atoms with van der Waals surface area (Å²) in [6, 6.07) is 4.80. The third-order valence-corrected chi connectivity index (χ3v) is 6.99. The van der Waals surface area contributed by atoms with Gasteiger partial charge < -0.3 is 5.11 Å². The van der Waals surface area contributed by atoms with Crippen molar-refractivity contribution in [3.63, 3.8) is 0 Å². The van der Waals surface area contributed by atoms with Crippen LogP contribution in [0.1, 0.15) is 30.9 Å². The molecular formula is C14H18O4S. The molecule has 0 amide bonds. The lowest BCUT2D eigenvalue weighted by molar-refractivity contribution is -0.144. The largest absolute Gasteiger partial charge is 0.480 e. The quantitative estimate of drug-likeness (QED) is 0.923. The molecule has 1 N–H and O–H groups in total. The Bertz CT molecular complexity index is 633. The Hall–Kier alpha value is -1.36. The average molecular weight is 282 g/mol. The minimum atomic E-state index is -3.85. The summed E-state index contributed by atoms with van der Waals surface area (Å²) in [4.78, 5) is 11.6. The van der Waals surface area contributed by atoms with Crippen molar-refractivity contribution in [1.29, 1.82) is 0 Å². The first-order valence-corrected chi connectivity index (χ1v) is 7.77. The maximum Gasteiger partial charge on any atom is 0.325 e. The molecule has 0 radical (unpaired) electrons. The lowest BCUT2D eigenvalue weighted by Crippen LogP contribution is -2.58. The summed E-state index contributed by atoms with van der Waals surface area (Å²) in [5.41, 5.74) is 1.85. The van der Waals surface area contributed by atoms with E-state index in [1.807, 2.05) is 13.8 Å². The van der Waals surface area contributed by atoms with Crippen LogP contribution in [0.5, 0.6) is 0 Å². The number of hydrogen-bond donors (Lipinski definition) is 1. The summed E-state index contributed by atoms with van der Waals surface area (Å²) in [7, 11) is -3.85. The highest BCUT2D eigenvalue weighted by Crippen LogP contribution is 2.47. The molecule has 1 aromatic carbocycles. The Kier molecular flexibility index (Phi) is 3.21. The minimum Gasteiger partial charge on any atom is -0.480 e. The number of rotatable bonds is 3. The Labute approximate surface area is 113 Å². The van der Waals surface area contributed by atoms with Crippen molar-refractivity contribution in [3.05, 3.63) is 29.3 Å². The maximum atomic E-state index is 12.7. The average Bonchev–Trinajstić information content (AvgIpc) is 2.30. The van der Waals surface area contributed by atoms with Gasteiger partial charge in [0.05, 0.1) is 4.90 Å². The summed E-state index contributed by atoms with van der Waals surface area (Å²) in [5.74, 6) is -1.58. The van der Waals surface area contributed by atoms with E-state index in [9.17, 15) is 18.3 Å². The molecule has 4 nitrogen and oxygen atoms in total. The summed E-state index contributed by atoms with van der Waals surface area (Å²) in [6.45, 7) is 5.41. The Morgan fingerprint density at radius 3 is 2.32 bits per heavy atom. The molecule has 1 fully saturated rings. The molecule has 1 aliphatic rings. The highest BCUT2D eigenvalue weighted by molar-refractivity contribution is 7.93. The third kappa shape index (κ3) is 1.79. The molecule has 0 saturated heterocycles. The molecule has 0 heterocycles. The first-order chi connectivity index (χ1) is 8.73. The molecule has 0 bridgehead atoms. The van der Waals surface area contributed by atoms with Gasteiger partial charge >= 0.3 is 5.97 Å². The molecule has 1 saturated carbocycles. The number of carboxylic acids is 1. The molecule has 0 aliphatic heterocycles. The van der Waals surface area contributed by atoms with Crippen molar-refractivity contribution >= 4 is 15.8 Å². The summed E-state index contributed by atoms with van der Waals surface area (Å²) in [5, 5.41) is 9.40. The number of sulfone groups is 1. The van der Waals surface area contributed by atoms with E-state index in [1.165, 1.54) is 6.07 Å². The molecule has 1 aromatic rings. The van der Waals surface area contributed by atoms with Gasteiger partial charge in [0.15, 0.2) is 14.6 Å². The van der Waals surface area contributed by atoms with E-state index in [0.717, 1.165) is 11.1 Å². The van der Waals surface area contributed by atoms with Crippen molar-refractivity contribution in [2.75, 3.05) is 0 Å². The number of benzene rings is 1. The highest BCUT2D eigenvalue weighted by Gasteiger charge is 2.61. The number of aryl methyl sites for hydroxylation is 2. The third-order valence-electron chi connectivity index (χ3n) is 4.38. The van der Waals surface area contributed by atoms with Gasteiger partial charge in [-0.15, -0.1) is 0 Å². The van der Waals surface area contributed by atoms with Gasteiger partial charge in [-0.2, -0.15) is 0 Å². The zero-order valence-corrected chi connectivity index (χ0v) is 12.1. The number of carboxylic acid groups (broad SMARTS) is 1. The molecular weight excluding hydrogens is 264 g/mol. The van der Waals surface area contributed by atoms with Crippen LogP contribution in [-0.2, 0) is 14.6 Å². The van der Waals surface area contributed by atoms with Crippen molar-refractivity contribution < 1.29 is 18.3 Å². The molecule has 19 heavy (non-hydrogen) atoms. The SMILES string of the molecule is Cc1ccc(S(=O)(=O)C2(C(=O)O)CCC2C)cc1C. The van der Waals surface area contributed by atoms with Crippen LogP contribution in [0, 0.1) is 19.8 Å². The van der Waals surface area contributed by atoms with Crippen LogP contribution in [-0.4, -0.2) is 24.2 Å². The lowest BCUT2D eigenvalue weighted by atomic mass is 9.74. The monoisotopic (exact) mass is 282 g/mol. The minimum absolute atomic E-state index is 0.115. The van der Waals surface area contributed by atoms with Crippen LogP contribution in [0.15, 0.2) is 23.1 Å². The number of carbonyl (C=O) groups is 1. The van der Waals surface area contributed by atoms with Crippen LogP contribution >= 0.6 is 0 Å². The summed E-state index contributed by atoms with van der Waals surface area (Å²) >= 11 is 0. The first-order valence-electron chi connectivity index (χ1n) is 6.29. The van der Waals surface area contributed by atoms with E-state index in [2.05, 4.69) is 0 Å². The Morgan fingerprint density at radius 2 is 1.95 bits per heavy atom. The van der Waals surface area contributed by atoms with Gasteiger partial charge in [-0.25, -0.2) is 8.42 Å².